The lowest BCUT2D eigenvalue weighted by Gasteiger charge is -2.38. The van der Waals surface area contributed by atoms with Crippen molar-refractivity contribution >= 4 is 11.9 Å². The number of aromatic nitrogens is 1. The highest BCUT2D eigenvalue weighted by atomic mass is 16.6. The highest BCUT2D eigenvalue weighted by Gasteiger charge is 2.30. The first-order valence-electron chi connectivity index (χ1n) is 9.08. The van der Waals surface area contributed by atoms with Crippen LogP contribution in [0.1, 0.15) is 45.7 Å². The van der Waals surface area contributed by atoms with E-state index in [1.54, 1.807) is 4.90 Å². The van der Waals surface area contributed by atoms with Crippen molar-refractivity contribution in [2.75, 3.05) is 24.5 Å². The van der Waals surface area contributed by atoms with Crippen LogP contribution in [0.3, 0.4) is 0 Å². The van der Waals surface area contributed by atoms with E-state index >= 15 is 0 Å². The summed E-state index contributed by atoms with van der Waals surface area (Å²) >= 11 is 0. The molecule has 0 saturated carbocycles. The van der Waals surface area contributed by atoms with Gasteiger partial charge in [-0.25, -0.2) is 9.78 Å². The highest BCUT2D eigenvalue weighted by Crippen LogP contribution is 2.29. The number of carbonyl (C=O) groups excluding carboxylic acids is 1. The first-order chi connectivity index (χ1) is 11.7. The van der Waals surface area contributed by atoms with E-state index in [-0.39, 0.29) is 18.3 Å². The summed E-state index contributed by atoms with van der Waals surface area (Å²) in [5.41, 5.74) is 1.94. The van der Waals surface area contributed by atoms with E-state index in [0.29, 0.717) is 13.1 Å². The summed E-state index contributed by atoms with van der Waals surface area (Å²) in [5.74, 6) is 1.04. The molecule has 0 radical (unpaired) electrons. The zero-order valence-corrected chi connectivity index (χ0v) is 15.9. The van der Waals surface area contributed by atoms with Crippen LogP contribution in [-0.2, 0) is 22.4 Å². The standard InChI is InChI=1S/C19H29N3O3/c1-13-10-22(11-14(2)24-13)17-16-7-9-21(12-15(16)6-8-20-17)18(23)25-19(3,4)5/h6,8,13-14H,7,9-12H2,1-5H3/t13-,14+. The molecule has 25 heavy (non-hydrogen) atoms. The van der Waals surface area contributed by atoms with Gasteiger partial charge in [-0.15, -0.1) is 0 Å². The molecule has 0 aromatic carbocycles. The Labute approximate surface area is 150 Å². The van der Waals surface area contributed by atoms with Gasteiger partial charge >= 0.3 is 6.09 Å². The predicted molar refractivity (Wildman–Crippen MR) is 96.8 cm³/mol. The highest BCUT2D eigenvalue weighted by molar-refractivity contribution is 5.69. The van der Waals surface area contributed by atoms with E-state index in [9.17, 15) is 4.79 Å². The molecule has 0 bridgehead atoms. The monoisotopic (exact) mass is 347 g/mol. The van der Waals surface area contributed by atoms with Gasteiger partial charge in [-0.2, -0.15) is 0 Å². The van der Waals surface area contributed by atoms with Crippen LogP contribution >= 0.6 is 0 Å². The number of nitrogens with zero attached hydrogens (tertiary/aromatic N) is 3. The minimum absolute atomic E-state index is 0.197. The summed E-state index contributed by atoms with van der Waals surface area (Å²) in [4.78, 5) is 21.1. The van der Waals surface area contributed by atoms with E-state index in [1.165, 1.54) is 5.56 Å². The molecule has 0 N–H and O–H groups in total. The van der Waals surface area contributed by atoms with Crippen LogP contribution in [0, 0.1) is 0 Å². The maximum absolute atomic E-state index is 12.4. The number of carbonyl (C=O) groups is 1. The molecule has 0 spiro atoms. The molecular formula is C19H29N3O3. The molecule has 2 aliphatic heterocycles. The Balaban J connectivity index is 1.78. The summed E-state index contributed by atoms with van der Waals surface area (Å²) in [7, 11) is 0. The fourth-order valence-electron chi connectivity index (χ4n) is 3.58. The van der Waals surface area contributed by atoms with E-state index in [1.807, 2.05) is 33.0 Å². The van der Waals surface area contributed by atoms with Gasteiger partial charge in [0.25, 0.3) is 0 Å². The lowest BCUT2D eigenvalue weighted by atomic mass is 10.00. The molecule has 6 nitrogen and oxygen atoms in total. The van der Waals surface area contributed by atoms with Crippen molar-refractivity contribution in [3.63, 3.8) is 0 Å². The van der Waals surface area contributed by atoms with Crippen LogP contribution in [0.25, 0.3) is 0 Å². The first-order valence-corrected chi connectivity index (χ1v) is 9.08. The first kappa shape index (κ1) is 18.0. The molecule has 2 aliphatic rings. The number of ether oxygens (including phenoxy) is 2. The Hall–Kier alpha value is -1.82. The normalized spacial score (nSPS) is 24.0. The summed E-state index contributed by atoms with van der Waals surface area (Å²) in [6.07, 6.45) is 2.80. The summed E-state index contributed by atoms with van der Waals surface area (Å²) in [6, 6.07) is 2.02. The summed E-state index contributed by atoms with van der Waals surface area (Å²) in [5, 5.41) is 0. The van der Waals surface area contributed by atoms with Gasteiger partial charge in [0.1, 0.15) is 11.4 Å². The van der Waals surface area contributed by atoms with E-state index in [0.717, 1.165) is 30.9 Å². The molecule has 0 unspecified atom stereocenters. The van der Waals surface area contributed by atoms with Gasteiger partial charge in [0.15, 0.2) is 0 Å². The van der Waals surface area contributed by atoms with E-state index in [2.05, 4.69) is 23.7 Å². The van der Waals surface area contributed by atoms with Crippen LogP contribution in [0.2, 0.25) is 0 Å². The van der Waals surface area contributed by atoms with Gasteiger partial charge in [0, 0.05) is 37.9 Å². The third-order valence-electron chi connectivity index (χ3n) is 4.49. The maximum Gasteiger partial charge on any atom is 0.410 e. The molecule has 138 valence electrons. The zero-order valence-electron chi connectivity index (χ0n) is 15.9. The second-order valence-corrected chi connectivity index (χ2v) is 8.09. The smallest absolute Gasteiger partial charge is 0.410 e. The lowest BCUT2D eigenvalue weighted by molar-refractivity contribution is -0.00553. The SMILES string of the molecule is C[C@@H]1CN(c2nccc3c2CCN(C(=O)OC(C)(C)C)C3)C[C@H](C)O1. The number of rotatable bonds is 1. The molecule has 1 amide bonds. The summed E-state index contributed by atoms with van der Waals surface area (Å²) < 4.78 is 11.3. The van der Waals surface area contributed by atoms with Crippen molar-refractivity contribution in [3.05, 3.63) is 23.4 Å². The van der Waals surface area contributed by atoms with Gasteiger partial charge in [-0.1, -0.05) is 0 Å². The van der Waals surface area contributed by atoms with Crippen LogP contribution in [0.15, 0.2) is 12.3 Å². The van der Waals surface area contributed by atoms with Crippen LogP contribution < -0.4 is 4.90 Å². The lowest BCUT2D eigenvalue weighted by Crippen LogP contribution is -2.47. The molecule has 1 fully saturated rings. The molecule has 3 heterocycles. The number of amides is 1. The number of fused-ring (bicyclic) bond motifs is 1. The number of hydrogen-bond acceptors (Lipinski definition) is 5. The topological polar surface area (TPSA) is 54.9 Å². The average molecular weight is 347 g/mol. The summed E-state index contributed by atoms with van der Waals surface area (Å²) in [6.45, 7) is 12.8. The van der Waals surface area contributed by atoms with Gasteiger partial charge in [-0.3, -0.25) is 0 Å². The number of anilines is 1. The molecule has 1 saturated heterocycles. The number of pyridine rings is 1. The molecule has 0 aliphatic carbocycles. The van der Waals surface area contributed by atoms with Crippen molar-refractivity contribution in [2.24, 2.45) is 0 Å². The van der Waals surface area contributed by atoms with Crippen LogP contribution in [0.4, 0.5) is 10.6 Å². The maximum atomic E-state index is 12.4. The quantitative estimate of drug-likeness (QED) is 0.782. The molecule has 3 rings (SSSR count). The second kappa shape index (κ2) is 6.83. The zero-order chi connectivity index (χ0) is 18.2. The van der Waals surface area contributed by atoms with Gasteiger partial charge < -0.3 is 19.3 Å². The number of hydrogen-bond donors (Lipinski definition) is 0. The van der Waals surface area contributed by atoms with Gasteiger partial charge in [-0.05, 0) is 52.7 Å². The Bertz CT molecular complexity index is 631. The van der Waals surface area contributed by atoms with E-state index < -0.39 is 5.60 Å². The largest absolute Gasteiger partial charge is 0.444 e. The Morgan fingerprint density at radius 2 is 1.96 bits per heavy atom. The van der Waals surface area contributed by atoms with Crippen molar-refractivity contribution < 1.29 is 14.3 Å². The second-order valence-electron chi connectivity index (χ2n) is 8.09. The van der Waals surface area contributed by atoms with Crippen LogP contribution in [0.5, 0.6) is 0 Å². The van der Waals surface area contributed by atoms with Crippen molar-refractivity contribution in [3.8, 4) is 0 Å². The molecular weight excluding hydrogens is 318 g/mol. The van der Waals surface area contributed by atoms with Gasteiger partial charge in [0.2, 0.25) is 0 Å². The molecule has 1 aromatic rings. The number of morpholine rings is 1. The molecule has 1 aromatic heterocycles. The van der Waals surface area contributed by atoms with Gasteiger partial charge in [0.05, 0.1) is 12.2 Å². The minimum atomic E-state index is -0.471. The third kappa shape index (κ3) is 4.24. The Kier molecular flexibility index (Phi) is 4.91. The fourth-order valence-corrected chi connectivity index (χ4v) is 3.58. The van der Waals surface area contributed by atoms with E-state index in [4.69, 9.17) is 9.47 Å². The third-order valence-corrected chi connectivity index (χ3v) is 4.49. The van der Waals surface area contributed by atoms with Crippen molar-refractivity contribution in [1.29, 1.82) is 0 Å². The Morgan fingerprint density at radius 1 is 1.28 bits per heavy atom. The Morgan fingerprint density at radius 3 is 2.60 bits per heavy atom. The average Bonchev–Trinajstić information content (AvgIpc) is 2.51. The fraction of sp³-hybridized carbons (Fsp3) is 0.684. The molecule has 6 heteroatoms. The van der Waals surface area contributed by atoms with Crippen molar-refractivity contribution in [2.45, 2.75) is 65.4 Å². The van der Waals surface area contributed by atoms with Crippen molar-refractivity contribution in [1.82, 2.24) is 9.88 Å². The predicted octanol–water partition coefficient (Wildman–Crippen LogP) is 2.99. The van der Waals surface area contributed by atoms with Crippen LogP contribution in [-0.4, -0.2) is 53.4 Å². The molecule has 2 atom stereocenters. The minimum Gasteiger partial charge on any atom is -0.444 e.